The van der Waals surface area contributed by atoms with E-state index in [0.717, 1.165) is 37.7 Å². The average molecular weight is 376 g/mol. The largest absolute Gasteiger partial charge is 0.243 e. The molecule has 1 unspecified atom stereocenters. The second-order valence-corrected chi connectivity index (χ2v) is 9.26. The van der Waals surface area contributed by atoms with Gasteiger partial charge in [-0.25, -0.2) is 8.42 Å². The topological polar surface area (TPSA) is 37.4 Å². The van der Waals surface area contributed by atoms with Crippen molar-refractivity contribution < 1.29 is 8.42 Å². The standard InChI is InChI=1S/C22H33NO2S/c1-5-8-11-22-19(9-6-2)16-23(17-20(22)10-7-3)26(24,25)21-14-12-18(4)13-15-21/h6,12-15,20H,2,5,7-11,16-17H2,1,3-4H3. The third-order valence-electron chi connectivity index (χ3n) is 5.22. The van der Waals surface area contributed by atoms with Gasteiger partial charge in [0.25, 0.3) is 0 Å². The first kappa shape index (κ1) is 20.9. The van der Waals surface area contributed by atoms with Crippen LogP contribution in [0.3, 0.4) is 0 Å². The maximum Gasteiger partial charge on any atom is 0.243 e. The van der Waals surface area contributed by atoms with Crippen molar-refractivity contribution in [1.29, 1.82) is 0 Å². The molecule has 0 amide bonds. The summed E-state index contributed by atoms with van der Waals surface area (Å²) in [5.41, 5.74) is 3.82. The minimum Gasteiger partial charge on any atom is -0.207 e. The van der Waals surface area contributed by atoms with Crippen molar-refractivity contribution in [2.24, 2.45) is 5.92 Å². The number of sulfonamides is 1. The fourth-order valence-electron chi connectivity index (χ4n) is 3.80. The number of nitrogens with zero attached hydrogens (tertiary/aromatic N) is 1. The molecule has 1 heterocycles. The van der Waals surface area contributed by atoms with Crippen molar-refractivity contribution in [3.63, 3.8) is 0 Å². The van der Waals surface area contributed by atoms with Crippen LogP contribution in [-0.4, -0.2) is 25.8 Å². The van der Waals surface area contributed by atoms with Crippen LogP contribution in [0.15, 0.2) is 53.0 Å². The SMILES string of the molecule is C=CCC1=C(CCCC)C(CCC)CN(S(=O)(=O)c2ccc(C)cc2)C1. The highest BCUT2D eigenvalue weighted by Gasteiger charge is 2.33. The molecule has 0 bridgehead atoms. The molecule has 0 saturated heterocycles. The predicted octanol–water partition coefficient (Wildman–Crippen LogP) is 5.48. The number of hydrogen-bond acceptors (Lipinski definition) is 2. The summed E-state index contributed by atoms with van der Waals surface area (Å²) in [5, 5.41) is 0. The zero-order valence-corrected chi connectivity index (χ0v) is 17.3. The van der Waals surface area contributed by atoms with Crippen LogP contribution in [0.4, 0.5) is 0 Å². The van der Waals surface area contributed by atoms with E-state index in [-0.39, 0.29) is 0 Å². The average Bonchev–Trinajstić information content (AvgIpc) is 2.61. The first-order chi connectivity index (χ1) is 12.4. The molecule has 4 heteroatoms. The Bertz CT molecular complexity index is 732. The van der Waals surface area contributed by atoms with Gasteiger partial charge in [0.1, 0.15) is 0 Å². The van der Waals surface area contributed by atoms with E-state index in [1.165, 1.54) is 17.6 Å². The molecule has 0 saturated carbocycles. The molecule has 0 aromatic heterocycles. The van der Waals surface area contributed by atoms with Crippen LogP contribution in [0, 0.1) is 12.8 Å². The van der Waals surface area contributed by atoms with Gasteiger partial charge in [0.2, 0.25) is 10.0 Å². The Balaban J connectivity index is 2.38. The van der Waals surface area contributed by atoms with Crippen LogP contribution < -0.4 is 0 Å². The van der Waals surface area contributed by atoms with Gasteiger partial charge in [-0.2, -0.15) is 4.31 Å². The Morgan fingerprint density at radius 3 is 2.46 bits per heavy atom. The molecule has 26 heavy (non-hydrogen) atoms. The first-order valence-electron chi connectivity index (χ1n) is 9.82. The molecule has 1 aliphatic heterocycles. The lowest BCUT2D eigenvalue weighted by atomic mass is 9.83. The third-order valence-corrected chi connectivity index (χ3v) is 7.05. The summed E-state index contributed by atoms with van der Waals surface area (Å²) < 4.78 is 28.1. The maximum atomic E-state index is 13.2. The first-order valence-corrected chi connectivity index (χ1v) is 11.3. The highest BCUT2D eigenvalue weighted by atomic mass is 32.2. The number of aryl methyl sites for hydroxylation is 1. The van der Waals surface area contributed by atoms with E-state index in [1.807, 2.05) is 25.1 Å². The number of rotatable bonds is 9. The molecule has 2 rings (SSSR count). The highest BCUT2D eigenvalue weighted by Crippen LogP contribution is 2.35. The fourth-order valence-corrected chi connectivity index (χ4v) is 5.28. The molecule has 1 aromatic carbocycles. The molecular formula is C22H33NO2S. The summed E-state index contributed by atoms with van der Waals surface area (Å²) in [4.78, 5) is 0.397. The van der Waals surface area contributed by atoms with Gasteiger partial charge in [0, 0.05) is 13.1 Å². The van der Waals surface area contributed by atoms with Crippen molar-refractivity contribution in [2.75, 3.05) is 13.1 Å². The second kappa shape index (κ2) is 9.52. The molecule has 0 aliphatic carbocycles. The van der Waals surface area contributed by atoms with Crippen LogP contribution in [0.5, 0.6) is 0 Å². The maximum absolute atomic E-state index is 13.2. The van der Waals surface area contributed by atoms with Gasteiger partial charge >= 0.3 is 0 Å². The molecule has 1 aliphatic rings. The van der Waals surface area contributed by atoms with E-state index >= 15 is 0 Å². The minimum atomic E-state index is -3.46. The Hall–Kier alpha value is -1.39. The lowest BCUT2D eigenvalue weighted by Gasteiger charge is -2.36. The van der Waals surface area contributed by atoms with Crippen LogP contribution >= 0.6 is 0 Å². The zero-order valence-electron chi connectivity index (χ0n) is 16.5. The van der Waals surface area contributed by atoms with Gasteiger partial charge in [-0.15, -0.1) is 6.58 Å². The summed E-state index contributed by atoms with van der Waals surface area (Å²) >= 11 is 0. The minimum absolute atomic E-state index is 0.329. The van der Waals surface area contributed by atoms with E-state index < -0.39 is 10.0 Å². The van der Waals surface area contributed by atoms with Crippen LogP contribution in [0.25, 0.3) is 0 Å². The van der Waals surface area contributed by atoms with Crippen molar-refractivity contribution >= 4 is 10.0 Å². The molecular weight excluding hydrogens is 342 g/mol. The Kier molecular flexibility index (Phi) is 7.66. The number of allylic oxidation sites excluding steroid dienone is 1. The lowest BCUT2D eigenvalue weighted by Crippen LogP contribution is -2.41. The molecule has 144 valence electrons. The van der Waals surface area contributed by atoms with Crippen molar-refractivity contribution in [3.05, 3.63) is 53.6 Å². The zero-order chi connectivity index (χ0) is 19.2. The Morgan fingerprint density at radius 1 is 1.19 bits per heavy atom. The quantitative estimate of drug-likeness (QED) is 0.536. The van der Waals surface area contributed by atoms with E-state index in [1.54, 1.807) is 16.4 Å². The second-order valence-electron chi connectivity index (χ2n) is 7.32. The highest BCUT2D eigenvalue weighted by molar-refractivity contribution is 7.89. The summed E-state index contributed by atoms with van der Waals surface area (Å²) in [6, 6.07) is 7.19. The number of hydrogen-bond donors (Lipinski definition) is 0. The van der Waals surface area contributed by atoms with E-state index in [9.17, 15) is 8.42 Å². The van der Waals surface area contributed by atoms with E-state index in [0.29, 0.717) is 23.9 Å². The van der Waals surface area contributed by atoms with Gasteiger partial charge in [0.05, 0.1) is 4.90 Å². The van der Waals surface area contributed by atoms with E-state index in [4.69, 9.17) is 0 Å². The predicted molar refractivity (Wildman–Crippen MR) is 110 cm³/mol. The smallest absolute Gasteiger partial charge is 0.207 e. The van der Waals surface area contributed by atoms with Gasteiger partial charge in [-0.05, 0) is 50.7 Å². The van der Waals surface area contributed by atoms with Gasteiger partial charge < -0.3 is 0 Å². The molecule has 0 spiro atoms. The summed E-state index contributed by atoms with van der Waals surface area (Å²) in [6.45, 7) is 11.4. The molecule has 1 atom stereocenters. The number of unbranched alkanes of at least 4 members (excludes halogenated alkanes) is 1. The molecule has 0 fully saturated rings. The fraction of sp³-hybridized carbons (Fsp3) is 0.545. The van der Waals surface area contributed by atoms with Crippen molar-refractivity contribution in [2.45, 2.75) is 64.2 Å². The molecule has 0 radical (unpaired) electrons. The Morgan fingerprint density at radius 2 is 1.88 bits per heavy atom. The number of benzene rings is 1. The van der Waals surface area contributed by atoms with Crippen molar-refractivity contribution in [3.8, 4) is 0 Å². The van der Waals surface area contributed by atoms with Crippen molar-refractivity contribution in [1.82, 2.24) is 4.31 Å². The van der Waals surface area contributed by atoms with Crippen LogP contribution in [0.1, 0.15) is 57.9 Å². The summed E-state index contributed by atoms with van der Waals surface area (Å²) in [6.07, 6.45) is 8.21. The normalized spacial score (nSPS) is 19.0. The molecule has 0 N–H and O–H groups in total. The van der Waals surface area contributed by atoms with Crippen LogP contribution in [-0.2, 0) is 10.0 Å². The summed E-state index contributed by atoms with van der Waals surface area (Å²) in [5.74, 6) is 0.329. The van der Waals surface area contributed by atoms with Gasteiger partial charge in [-0.3, -0.25) is 0 Å². The molecule has 1 aromatic rings. The van der Waals surface area contributed by atoms with Crippen LogP contribution in [0.2, 0.25) is 0 Å². The van der Waals surface area contributed by atoms with Gasteiger partial charge in [0.15, 0.2) is 0 Å². The van der Waals surface area contributed by atoms with Gasteiger partial charge in [-0.1, -0.05) is 61.6 Å². The Labute approximate surface area is 159 Å². The monoisotopic (exact) mass is 375 g/mol. The van der Waals surface area contributed by atoms with E-state index in [2.05, 4.69) is 20.4 Å². The third kappa shape index (κ3) is 4.86. The molecule has 3 nitrogen and oxygen atoms in total. The summed E-state index contributed by atoms with van der Waals surface area (Å²) in [7, 11) is -3.46. The lowest BCUT2D eigenvalue weighted by molar-refractivity contribution is 0.335.